The maximum absolute atomic E-state index is 10.5. The largest absolute Gasteiger partial charge is 0.370 e. The molecule has 0 atom stereocenters. The monoisotopic (exact) mass is 278 g/mol. The second kappa shape index (κ2) is 6.43. The summed E-state index contributed by atoms with van der Waals surface area (Å²) in [6.07, 6.45) is 3.29. The van der Waals surface area contributed by atoms with Crippen molar-refractivity contribution >= 4 is 17.8 Å². The molecule has 2 heterocycles. The van der Waals surface area contributed by atoms with E-state index in [0.29, 0.717) is 18.4 Å². The van der Waals surface area contributed by atoms with Crippen LogP contribution in [0.2, 0.25) is 0 Å². The summed E-state index contributed by atoms with van der Waals surface area (Å²) in [7, 11) is 0. The fourth-order valence-electron chi connectivity index (χ4n) is 1.36. The Labute approximate surface area is 114 Å². The molecule has 106 valence electrons. The predicted molar refractivity (Wildman–Crippen MR) is 69.9 cm³/mol. The van der Waals surface area contributed by atoms with E-state index in [2.05, 4.69) is 25.4 Å². The van der Waals surface area contributed by atoms with Crippen LogP contribution in [0, 0.1) is 0 Å². The quantitative estimate of drug-likeness (QED) is 0.521. The van der Waals surface area contributed by atoms with Gasteiger partial charge in [0.2, 0.25) is 17.8 Å². The molecule has 0 bridgehead atoms. The van der Waals surface area contributed by atoms with Gasteiger partial charge in [-0.3, -0.25) is 4.79 Å². The molecular weight excluding hydrogens is 264 g/mol. The summed E-state index contributed by atoms with van der Waals surface area (Å²) >= 11 is 0. The summed E-state index contributed by atoms with van der Waals surface area (Å²) in [6.45, 7) is 0.556. The molecule has 0 unspecified atom stereocenters. The van der Waals surface area contributed by atoms with Gasteiger partial charge in [0.05, 0.1) is 6.61 Å². The van der Waals surface area contributed by atoms with Crippen molar-refractivity contribution in [2.75, 3.05) is 30.8 Å². The zero-order chi connectivity index (χ0) is 14.4. The van der Waals surface area contributed by atoms with Crippen molar-refractivity contribution in [3.63, 3.8) is 0 Å². The van der Waals surface area contributed by atoms with Crippen molar-refractivity contribution in [3.05, 3.63) is 18.5 Å². The number of carbonyl (C=O) groups is 1. The standard InChI is InChI=1S/C10H14N8O2/c11-7(19)6-20-5-3-13-9-15-8(12)16-10(17-9)18-4-1-2-14-18/h1-2,4H,3,5-6H2,(H2,11,19)(H3,12,13,15,16,17). The van der Waals surface area contributed by atoms with E-state index in [1.54, 1.807) is 18.5 Å². The second-order valence-electron chi connectivity index (χ2n) is 3.71. The molecule has 0 fully saturated rings. The van der Waals surface area contributed by atoms with Gasteiger partial charge in [0, 0.05) is 18.9 Å². The summed E-state index contributed by atoms with van der Waals surface area (Å²) in [6, 6.07) is 1.74. The minimum Gasteiger partial charge on any atom is -0.370 e. The number of anilines is 2. The summed E-state index contributed by atoms with van der Waals surface area (Å²) in [5, 5.41) is 6.90. The summed E-state index contributed by atoms with van der Waals surface area (Å²) in [5.74, 6) is 0.162. The Balaban J connectivity index is 1.93. The first-order valence-corrected chi connectivity index (χ1v) is 5.76. The molecule has 1 amide bonds. The van der Waals surface area contributed by atoms with Gasteiger partial charge in [-0.2, -0.15) is 20.1 Å². The highest BCUT2D eigenvalue weighted by molar-refractivity contribution is 5.74. The van der Waals surface area contributed by atoms with Crippen molar-refractivity contribution in [2.45, 2.75) is 0 Å². The van der Waals surface area contributed by atoms with Gasteiger partial charge in [0.1, 0.15) is 6.61 Å². The minimum atomic E-state index is -0.518. The van der Waals surface area contributed by atoms with Crippen LogP contribution >= 0.6 is 0 Å². The SMILES string of the molecule is NC(=O)COCCNc1nc(N)nc(-n2cccn2)n1. The number of primary amides is 1. The highest BCUT2D eigenvalue weighted by atomic mass is 16.5. The molecule has 2 aromatic rings. The molecule has 10 heteroatoms. The van der Waals surface area contributed by atoms with E-state index >= 15 is 0 Å². The molecule has 0 saturated heterocycles. The highest BCUT2D eigenvalue weighted by Gasteiger charge is 2.06. The third-order valence-electron chi connectivity index (χ3n) is 2.12. The lowest BCUT2D eigenvalue weighted by Gasteiger charge is -2.07. The van der Waals surface area contributed by atoms with E-state index in [4.69, 9.17) is 16.2 Å². The molecular formula is C10H14N8O2. The predicted octanol–water partition coefficient (Wildman–Crippen LogP) is -1.45. The number of amides is 1. The molecule has 0 saturated carbocycles. The Kier molecular flexibility index (Phi) is 4.39. The fraction of sp³-hybridized carbons (Fsp3) is 0.300. The zero-order valence-corrected chi connectivity index (χ0v) is 10.6. The molecule has 0 aromatic carbocycles. The number of hydrogen-bond donors (Lipinski definition) is 3. The first kappa shape index (κ1) is 13.7. The van der Waals surface area contributed by atoms with Crippen molar-refractivity contribution in [1.29, 1.82) is 0 Å². The summed E-state index contributed by atoms with van der Waals surface area (Å²) in [4.78, 5) is 22.5. The van der Waals surface area contributed by atoms with E-state index in [0.717, 1.165) is 0 Å². The first-order chi connectivity index (χ1) is 9.65. The molecule has 5 N–H and O–H groups in total. The number of ether oxygens (including phenoxy) is 1. The van der Waals surface area contributed by atoms with Crippen LogP contribution in [-0.4, -0.2) is 50.4 Å². The topological polar surface area (TPSA) is 147 Å². The molecule has 0 aliphatic heterocycles. The summed E-state index contributed by atoms with van der Waals surface area (Å²) < 4.78 is 6.46. The maximum atomic E-state index is 10.5. The van der Waals surface area contributed by atoms with E-state index < -0.39 is 5.91 Å². The Bertz CT molecular complexity index is 571. The van der Waals surface area contributed by atoms with Crippen LogP contribution in [0.3, 0.4) is 0 Å². The minimum absolute atomic E-state index is 0.0751. The number of nitrogen functional groups attached to an aromatic ring is 1. The smallest absolute Gasteiger partial charge is 0.257 e. The Hall–Kier alpha value is -2.75. The molecule has 10 nitrogen and oxygen atoms in total. The van der Waals surface area contributed by atoms with Crippen molar-refractivity contribution in [2.24, 2.45) is 5.73 Å². The van der Waals surface area contributed by atoms with E-state index in [1.807, 2.05) is 0 Å². The lowest BCUT2D eigenvalue weighted by atomic mass is 10.6. The van der Waals surface area contributed by atoms with Crippen LogP contribution in [0.15, 0.2) is 18.5 Å². The van der Waals surface area contributed by atoms with Gasteiger partial charge in [-0.05, 0) is 6.07 Å². The number of rotatable bonds is 7. The number of aromatic nitrogens is 5. The van der Waals surface area contributed by atoms with Gasteiger partial charge >= 0.3 is 0 Å². The first-order valence-electron chi connectivity index (χ1n) is 5.76. The number of hydrogen-bond acceptors (Lipinski definition) is 8. The number of nitrogens with two attached hydrogens (primary N) is 2. The van der Waals surface area contributed by atoms with Crippen LogP contribution in [0.5, 0.6) is 0 Å². The van der Waals surface area contributed by atoms with Gasteiger partial charge in [0.25, 0.3) is 5.95 Å². The lowest BCUT2D eigenvalue weighted by molar-refractivity contribution is -0.122. The average Bonchev–Trinajstić information content (AvgIpc) is 2.91. The highest BCUT2D eigenvalue weighted by Crippen LogP contribution is 2.05. The van der Waals surface area contributed by atoms with Crippen LogP contribution in [0.25, 0.3) is 5.95 Å². The van der Waals surface area contributed by atoms with Crippen molar-refractivity contribution in [1.82, 2.24) is 24.7 Å². The molecule has 0 aliphatic carbocycles. The Morgan fingerprint density at radius 2 is 2.25 bits per heavy atom. The van der Waals surface area contributed by atoms with Crippen LogP contribution in [-0.2, 0) is 9.53 Å². The number of carbonyl (C=O) groups excluding carboxylic acids is 1. The van der Waals surface area contributed by atoms with Crippen LogP contribution in [0.1, 0.15) is 0 Å². The molecule has 2 aromatic heterocycles. The third kappa shape index (κ3) is 3.88. The molecule has 2 rings (SSSR count). The van der Waals surface area contributed by atoms with Gasteiger partial charge in [-0.25, -0.2) is 4.68 Å². The van der Waals surface area contributed by atoms with Gasteiger partial charge in [-0.1, -0.05) is 0 Å². The lowest BCUT2D eigenvalue weighted by Crippen LogP contribution is -2.21. The Morgan fingerprint density at radius 1 is 1.40 bits per heavy atom. The van der Waals surface area contributed by atoms with Crippen LogP contribution < -0.4 is 16.8 Å². The third-order valence-corrected chi connectivity index (χ3v) is 2.12. The fourth-order valence-corrected chi connectivity index (χ4v) is 1.36. The second-order valence-corrected chi connectivity index (χ2v) is 3.71. The Morgan fingerprint density at radius 3 is 2.95 bits per heavy atom. The average molecular weight is 278 g/mol. The van der Waals surface area contributed by atoms with E-state index in [1.165, 1.54) is 4.68 Å². The molecule has 0 aliphatic rings. The zero-order valence-electron chi connectivity index (χ0n) is 10.6. The summed E-state index contributed by atoms with van der Waals surface area (Å²) in [5.41, 5.74) is 10.5. The number of nitrogens with one attached hydrogen (secondary N) is 1. The van der Waals surface area contributed by atoms with Crippen molar-refractivity contribution in [3.8, 4) is 5.95 Å². The van der Waals surface area contributed by atoms with Gasteiger partial charge in [-0.15, -0.1) is 0 Å². The number of nitrogens with zero attached hydrogens (tertiary/aromatic N) is 5. The van der Waals surface area contributed by atoms with E-state index in [9.17, 15) is 4.79 Å². The molecule has 0 spiro atoms. The van der Waals surface area contributed by atoms with Gasteiger partial charge in [0.15, 0.2) is 0 Å². The molecule has 0 radical (unpaired) electrons. The molecule has 20 heavy (non-hydrogen) atoms. The van der Waals surface area contributed by atoms with Crippen LogP contribution in [0.4, 0.5) is 11.9 Å². The van der Waals surface area contributed by atoms with Gasteiger partial charge < -0.3 is 21.5 Å². The normalized spacial score (nSPS) is 10.4. The van der Waals surface area contributed by atoms with E-state index in [-0.39, 0.29) is 19.2 Å². The van der Waals surface area contributed by atoms with Crippen molar-refractivity contribution < 1.29 is 9.53 Å². The maximum Gasteiger partial charge on any atom is 0.257 e.